The van der Waals surface area contributed by atoms with Gasteiger partial charge in [0.05, 0.1) is 5.56 Å². The van der Waals surface area contributed by atoms with E-state index in [1.807, 2.05) is 0 Å². The first kappa shape index (κ1) is 18.5. The Balaban J connectivity index is 1.68. The zero-order valence-corrected chi connectivity index (χ0v) is 14.4. The molecule has 0 bridgehead atoms. The van der Waals surface area contributed by atoms with Crippen LogP contribution in [0.3, 0.4) is 0 Å². The summed E-state index contributed by atoms with van der Waals surface area (Å²) in [7, 11) is 0. The van der Waals surface area contributed by atoms with Crippen molar-refractivity contribution in [3.05, 3.63) is 74.4 Å². The van der Waals surface area contributed by atoms with Gasteiger partial charge in [-0.15, -0.1) is 0 Å². The van der Waals surface area contributed by atoms with Crippen LogP contribution < -0.4 is 10.4 Å². The summed E-state index contributed by atoms with van der Waals surface area (Å²) in [6, 6.07) is 4.50. The number of ether oxygens (including phenoxy) is 1. The molecule has 28 heavy (non-hydrogen) atoms. The molecule has 2 aromatic carbocycles. The molecule has 0 radical (unpaired) electrons. The third kappa shape index (κ3) is 2.93. The fourth-order valence-electron chi connectivity index (χ4n) is 3.45. The molecule has 1 aliphatic rings. The van der Waals surface area contributed by atoms with Crippen molar-refractivity contribution in [2.24, 2.45) is 0 Å². The van der Waals surface area contributed by atoms with Gasteiger partial charge >= 0.3 is 5.63 Å². The highest BCUT2D eigenvalue weighted by Gasteiger charge is 2.26. The molecule has 1 aromatic heterocycles. The Morgan fingerprint density at radius 3 is 2.14 bits per heavy atom. The van der Waals surface area contributed by atoms with Crippen LogP contribution >= 0.6 is 0 Å². The normalized spacial score (nSPS) is 13.6. The number of fused-ring (bicyclic) bond motifs is 3. The Hall–Kier alpha value is -2.90. The molecule has 0 amide bonds. The third-order valence-electron chi connectivity index (χ3n) is 4.88. The largest absolute Gasteiger partial charge is 0.489 e. The Morgan fingerprint density at radius 2 is 1.46 bits per heavy atom. The minimum absolute atomic E-state index is 0.0651. The van der Waals surface area contributed by atoms with Gasteiger partial charge in [0.2, 0.25) is 5.82 Å². The van der Waals surface area contributed by atoms with Crippen LogP contribution in [0.4, 0.5) is 22.0 Å². The first-order valence-corrected chi connectivity index (χ1v) is 8.60. The van der Waals surface area contributed by atoms with E-state index in [0.29, 0.717) is 12.0 Å². The minimum atomic E-state index is -2.23. The van der Waals surface area contributed by atoms with Crippen LogP contribution in [-0.4, -0.2) is 0 Å². The maximum atomic E-state index is 13.7. The van der Waals surface area contributed by atoms with Gasteiger partial charge in [-0.25, -0.2) is 26.7 Å². The summed E-state index contributed by atoms with van der Waals surface area (Å²) >= 11 is 0. The zero-order valence-electron chi connectivity index (χ0n) is 14.4. The van der Waals surface area contributed by atoms with Gasteiger partial charge in [0.1, 0.15) is 17.9 Å². The predicted molar refractivity (Wildman–Crippen MR) is 89.7 cm³/mol. The molecular formula is C20H13F5O3. The van der Waals surface area contributed by atoms with Crippen molar-refractivity contribution < 1.29 is 31.1 Å². The number of benzene rings is 2. The van der Waals surface area contributed by atoms with E-state index in [0.717, 1.165) is 30.2 Å². The Bertz CT molecular complexity index is 1120. The van der Waals surface area contributed by atoms with Crippen molar-refractivity contribution in [3.8, 4) is 5.75 Å². The van der Waals surface area contributed by atoms with Crippen LogP contribution in [-0.2, 0) is 19.4 Å². The van der Waals surface area contributed by atoms with Gasteiger partial charge in [-0.1, -0.05) is 0 Å². The molecule has 0 saturated carbocycles. The molecule has 146 valence electrons. The van der Waals surface area contributed by atoms with Gasteiger partial charge in [0, 0.05) is 17.0 Å². The Kier molecular flexibility index (Phi) is 4.56. The molecule has 1 heterocycles. The molecule has 0 atom stereocenters. The van der Waals surface area contributed by atoms with Crippen LogP contribution in [0.25, 0.3) is 11.0 Å². The molecule has 0 N–H and O–H groups in total. The maximum Gasteiger partial charge on any atom is 0.339 e. The fourth-order valence-corrected chi connectivity index (χ4v) is 3.45. The highest BCUT2D eigenvalue weighted by Crippen LogP contribution is 2.30. The van der Waals surface area contributed by atoms with E-state index in [1.165, 1.54) is 12.1 Å². The predicted octanol–water partition coefficient (Wildman–Crippen LogP) is 4.95. The van der Waals surface area contributed by atoms with E-state index in [2.05, 4.69) is 0 Å². The lowest BCUT2D eigenvalue weighted by molar-refractivity contribution is 0.279. The van der Waals surface area contributed by atoms with Crippen LogP contribution in [0, 0.1) is 29.1 Å². The van der Waals surface area contributed by atoms with Crippen LogP contribution in [0.15, 0.2) is 27.4 Å². The maximum absolute atomic E-state index is 13.7. The molecule has 0 saturated heterocycles. The summed E-state index contributed by atoms with van der Waals surface area (Å²) in [5, 5.41) is 0.734. The van der Waals surface area contributed by atoms with Gasteiger partial charge in [-0.2, -0.15) is 0 Å². The Labute approximate surface area is 155 Å². The van der Waals surface area contributed by atoms with Crippen LogP contribution in [0.1, 0.15) is 29.5 Å². The Morgan fingerprint density at radius 1 is 0.857 bits per heavy atom. The zero-order chi connectivity index (χ0) is 20.0. The van der Waals surface area contributed by atoms with Crippen LogP contribution in [0.5, 0.6) is 5.75 Å². The highest BCUT2D eigenvalue weighted by molar-refractivity contribution is 5.82. The molecule has 3 nitrogen and oxygen atoms in total. The van der Waals surface area contributed by atoms with E-state index >= 15 is 0 Å². The van der Waals surface area contributed by atoms with Crippen molar-refractivity contribution in [3.63, 3.8) is 0 Å². The van der Waals surface area contributed by atoms with Crippen molar-refractivity contribution >= 4 is 11.0 Å². The monoisotopic (exact) mass is 396 g/mol. The van der Waals surface area contributed by atoms with Crippen molar-refractivity contribution in [1.29, 1.82) is 0 Å². The number of aryl methyl sites for hydroxylation is 1. The number of rotatable bonds is 3. The summed E-state index contributed by atoms with van der Waals surface area (Å²) < 4.78 is 77.6. The SMILES string of the molecule is O=c1oc2cc(OCc3c(F)c(F)c(F)c(F)c3F)ccc2c2c1CCCC2. The van der Waals surface area contributed by atoms with E-state index in [-0.39, 0.29) is 11.3 Å². The lowest BCUT2D eigenvalue weighted by atomic mass is 9.91. The van der Waals surface area contributed by atoms with Gasteiger partial charge in [-0.05, 0) is 43.4 Å². The van der Waals surface area contributed by atoms with Crippen molar-refractivity contribution in [2.45, 2.75) is 32.3 Å². The molecule has 3 aromatic rings. The average molecular weight is 396 g/mol. The molecule has 0 spiro atoms. The van der Waals surface area contributed by atoms with Gasteiger partial charge in [0.15, 0.2) is 23.3 Å². The first-order valence-electron chi connectivity index (χ1n) is 8.60. The topological polar surface area (TPSA) is 39.4 Å². The minimum Gasteiger partial charge on any atom is -0.489 e. The number of halogens is 5. The molecule has 1 aliphatic carbocycles. The number of hydrogen-bond donors (Lipinski definition) is 0. The summed E-state index contributed by atoms with van der Waals surface area (Å²) in [5.41, 5.74) is 0.265. The van der Waals surface area contributed by atoms with E-state index in [4.69, 9.17) is 9.15 Å². The second-order valence-corrected chi connectivity index (χ2v) is 6.55. The smallest absolute Gasteiger partial charge is 0.339 e. The molecule has 8 heteroatoms. The molecule has 0 fully saturated rings. The third-order valence-corrected chi connectivity index (χ3v) is 4.88. The van der Waals surface area contributed by atoms with Crippen LogP contribution in [0.2, 0.25) is 0 Å². The summed E-state index contributed by atoms with van der Waals surface area (Å²) in [4.78, 5) is 12.1. The summed E-state index contributed by atoms with van der Waals surface area (Å²) in [6.07, 6.45) is 3.24. The lowest BCUT2D eigenvalue weighted by Crippen LogP contribution is -2.15. The molecular weight excluding hydrogens is 383 g/mol. The van der Waals surface area contributed by atoms with E-state index in [1.54, 1.807) is 6.07 Å². The second kappa shape index (κ2) is 6.92. The highest BCUT2D eigenvalue weighted by atomic mass is 19.2. The standard InChI is InChI=1S/C20H13F5O3/c21-15-13(16(22)18(24)19(25)17(15)23)8-27-9-5-6-11-10-3-1-2-4-12(10)20(26)28-14(11)7-9/h5-7H,1-4,8H2. The average Bonchev–Trinajstić information content (AvgIpc) is 2.71. The first-order chi connectivity index (χ1) is 13.4. The van der Waals surface area contributed by atoms with Crippen molar-refractivity contribution in [1.82, 2.24) is 0 Å². The van der Waals surface area contributed by atoms with Gasteiger partial charge in [-0.3, -0.25) is 0 Å². The van der Waals surface area contributed by atoms with Gasteiger partial charge < -0.3 is 9.15 Å². The fraction of sp³-hybridized carbons (Fsp3) is 0.250. The lowest BCUT2D eigenvalue weighted by Gasteiger charge is -2.16. The molecule has 4 rings (SSSR count). The molecule has 0 unspecified atom stereocenters. The van der Waals surface area contributed by atoms with Gasteiger partial charge in [0.25, 0.3) is 0 Å². The van der Waals surface area contributed by atoms with E-state index < -0.39 is 46.9 Å². The quantitative estimate of drug-likeness (QED) is 0.272. The summed E-state index contributed by atoms with van der Waals surface area (Å²) in [5.74, 6) is -10.1. The number of hydrogen-bond acceptors (Lipinski definition) is 3. The van der Waals surface area contributed by atoms with E-state index in [9.17, 15) is 26.7 Å². The second-order valence-electron chi connectivity index (χ2n) is 6.55. The molecule has 0 aliphatic heterocycles. The summed E-state index contributed by atoms with van der Waals surface area (Å²) in [6.45, 7) is -0.882. The van der Waals surface area contributed by atoms with Crippen molar-refractivity contribution in [2.75, 3.05) is 0 Å².